The van der Waals surface area contributed by atoms with Crippen LogP contribution in [0, 0.1) is 0 Å². The van der Waals surface area contributed by atoms with Crippen molar-refractivity contribution in [3.8, 4) is 0 Å². The van der Waals surface area contributed by atoms with Gasteiger partial charge in [-0.05, 0) is 30.3 Å². The maximum atomic E-state index is 12.8. The molecule has 10 heteroatoms. The minimum atomic E-state index is -2.81. The van der Waals surface area contributed by atoms with Gasteiger partial charge < -0.3 is 9.15 Å². The lowest BCUT2D eigenvalue weighted by Gasteiger charge is -2.11. The molecule has 1 aliphatic heterocycles. The highest BCUT2D eigenvalue weighted by atomic mass is 19.3. The molecule has 3 aromatic rings. The lowest BCUT2D eigenvalue weighted by molar-refractivity contribution is 0.0376. The molecular weight excluding hydrogens is 388 g/mol. The molecule has 0 aliphatic carbocycles. The Labute approximate surface area is 162 Å². The van der Waals surface area contributed by atoms with Crippen LogP contribution in [0.2, 0.25) is 0 Å². The summed E-state index contributed by atoms with van der Waals surface area (Å²) in [6.07, 6.45) is 3.67. The first-order chi connectivity index (χ1) is 14.0. The van der Waals surface area contributed by atoms with Gasteiger partial charge in [-0.2, -0.15) is 8.78 Å². The van der Waals surface area contributed by atoms with Gasteiger partial charge in [-0.25, -0.2) is 9.78 Å². The molecular formula is C19H13F2N3O5. The molecule has 4 rings (SSSR count). The molecule has 0 bridgehead atoms. The van der Waals surface area contributed by atoms with Crippen LogP contribution in [-0.4, -0.2) is 32.2 Å². The average Bonchev–Trinajstić information content (AvgIpc) is 3.44. The van der Waals surface area contributed by atoms with Crippen LogP contribution in [0.4, 0.5) is 8.78 Å². The first-order valence-corrected chi connectivity index (χ1v) is 8.45. The fraction of sp³-hybridized carbons (Fsp3) is 0.158. The second-order valence-electron chi connectivity index (χ2n) is 6.14. The molecule has 0 N–H and O–H groups in total. The van der Waals surface area contributed by atoms with Gasteiger partial charge in [0.1, 0.15) is 12.4 Å². The second kappa shape index (κ2) is 7.30. The monoisotopic (exact) mass is 401 g/mol. The quantitative estimate of drug-likeness (QED) is 0.466. The van der Waals surface area contributed by atoms with Gasteiger partial charge in [0.25, 0.3) is 11.8 Å². The van der Waals surface area contributed by atoms with Gasteiger partial charge in [0, 0.05) is 12.4 Å². The number of alkyl halides is 2. The normalized spacial score (nSPS) is 13.3. The highest BCUT2D eigenvalue weighted by molar-refractivity contribution is 6.21. The minimum Gasteiger partial charge on any atom is -0.467 e. The molecule has 0 saturated heterocycles. The van der Waals surface area contributed by atoms with Crippen LogP contribution in [0.25, 0.3) is 0 Å². The van der Waals surface area contributed by atoms with Crippen molar-refractivity contribution in [3.05, 3.63) is 77.3 Å². The number of benzene rings is 1. The number of hydrogen-bond acceptors (Lipinski definition) is 6. The SMILES string of the molecule is O=C(OCc1nccn1C(F)F)c1ccc2c(c1)C(=O)N(Cc1ccco1)C2=O. The van der Waals surface area contributed by atoms with E-state index in [0.29, 0.717) is 10.3 Å². The highest BCUT2D eigenvalue weighted by Crippen LogP contribution is 2.26. The fourth-order valence-electron chi connectivity index (χ4n) is 2.97. The van der Waals surface area contributed by atoms with Crippen LogP contribution in [0.1, 0.15) is 49.2 Å². The van der Waals surface area contributed by atoms with Gasteiger partial charge in [0.2, 0.25) is 0 Å². The number of fused-ring (bicyclic) bond motifs is 1. The standard InChI is InChI=1S/C19H13F2N3O5/c20-19(21)23-6-5-22-15(23)10-29-18(27)11-3-4-13-14(8-11)17(26)24(16(13)25)9-12-2-1-7-28-12/h1-8,19H,9-10H2. The second-order valence-corrected chi connectivity index (χ2v) is 6.14. The van der Waals surface area contributed by atoms with Crippen molar-refractivity contribution < 1.29 is 32.3 Å². The van der Waals surface area contributed by atoms with Crippen molar-refractivity contribution in [1.29, 1.82) is 0 Å². The summed E-state index contributed by atoms with van der Waals surface area (Å²) in [5.74, 6) is -1.58. The number of aromatic nitrogens is 2. The van der Waals surface area contributed by atoms with Gasteiger partial charge in [-0.3, -0.25) is 19.1 Å². The van der Waals surface area contributed by atoms with Crippen molar-refractivity contribution >= 4 is 17.8 Å². The van der Waals surface area contributed by atoms with Gasteiger partial charge in [-0.15, -0.1) is 0 Å². The summed E-state index contributed by atoms with van der Waals surface area (Å²) in [4.78, 5) is 42.1. The predicted molar refractivity (Wildman–Crippen MR) is 92.0 cm³/mol. The third-order valence-electron chi connectivity index (χ3n) is 4.39. The number of carbonyl (C=O) groups is 3. The Morgan fingerprint density at radius 2 is 1.97 bits per heavy atom. The average molecular weight is 401 g/mol. The number of halogens is 2. The fourth-order valence-corrected chi connectivity index (χ4v) is 2.97. The number of carbonyl (C=O) groups excluding carboxylic acids is 3. The predicted octanol–water partition coefficient (Wildman–Crippen LogP) is 3.02. The van der Waals surface area contributed by atoms with E-state index in [0.717, 1.165) is 11.1 Å². The Morgan fingerprint density at radius 3 is 2.69 bits per heavy atom. The zero-order valence-corrected chi connectivity index (χ0v) is 14.7. The number of ether oxygens (including phenoxy) is 1. The molecule has 2 amide bonds. The van der Waals surface area contributed by atoms with E-state index in [1.807, 2.05) is 0 Å². The summed E-state index contributed by atoms with van der Waals surface area (Å²) >= 11 is 0. The Kier molecular flexibility index (Phi) is 4.67. The number of imidazole rings is 1. The molecule has 3 heterocycles. The maximum Gasteiger partial charge on any atom is 0.338 e. The summed E-state index contributed by atoms with van der Waals surface area (Å²) in [5, 5.41) is 0. The first kappa shape index (κ1) is 18.5. The van der Waals surface area contributed by atoms with E-state index in [9.17, 15) is 23.2 Å². The van der Waals surface area contributed by atoms with Gasteiger partial charge >= 0.3 is 12.5 Å². The van der Waals surface area contributed by atoms with E-state index < -0.39 is 30.9 Å². The van der Waals surface area contributed by atoms with Gasteiger partial charge in [-0.1, -0.05) is 0 Å². The zero-order chi connectivity index (χ0) is 20.5. The topological polar surface area (TPSA) is 94.6 Å². The Balaban J connectivity index is 1.49. The van der Waals surface area contributed by atoms with E-state index in [2.05, 4.69) is 4.98 Å². The summed E-state index contributed by atoms with van der Waals surface area (Å²) in [6, 6.07) is 7.22. The van der Waals surface area contributed by atoms with Crippen molar-refractivity contribution in [3.63, 3.8) is 0 Å². The number of furan rings is 1. The molecule has 0 fully saturated rings. The lowest BCUT2D eigenvalue weighted by Crippen LogP contribution is -2.28. The number of amides is 2. The van der Waals surface area contributed by atoms with Crippen LogP contribution in [0.5, 0.6) is 0 Å². The maximum absolute atomic E-state index is 12.8. The Morgan fingerprint density at radius 1 is 1.17 bits per heavy atom. The molecule has 0 spiro atoms. The van der Waals surface area contributed by atoms with E-state index in [-0.39, 0.29) is 29.1 Å². The molecule has 0 radical (unpaired) electrons. The van der Waals surface area contributed by atoms with E-state index in [4.69, 9.17) is 9.15 Å². The van der Waals surface area contributed by atoms with Crippen LogP contribution in [-0.2, 0) is 17.9 Å². The molecule has 29 heavy (non-hydrogen) atoms. The zero-order valence-electron chi connectivity index (χ0n) is 14.7. The number of hydrogen-bond donors (Lipinski definition) is 0. The minimum absolute atomic E-state index is 0.0138. The molecule has 0 atom stereocenters. The molecule has 8 nitrogen and oxygen atoms in total. The van der Waals surface area contributed by atoms with Crippen molar-refractivity contribution in [2.75, 3.05) is 0 Å². The number of nitrogens with zero attached hydrogens (tertiary/aromatic N) is 3. The molecule has 148 valence electrons. The molecule has 1 aliphatic rings. The van der Waals surface area contributed by atoms with E-state index >= 15 is 0 Å². The van der Waals surface area contributed by atoms with Crippen LogP contribution in [0.15, 0.2) is 53.4 Å². The summed E-state index contributed by atoms with van der Waals surface area (Å²) in [7, 11) is 0. The summed E-state index contributed by atoms with van der Waals surface area (Å²) in [6.45, 7) is -3.31. The van der Waals surface area contributed by atoms with Crippen LogP contribution < -0.4 is 0 Å². The number of esters is 1. The van der Waals surface area contributed by atoms with E-state index in [1.165, 1.54) is 30.7 Å². The molecule has 2 aromatic heterocycles. The third-order valence-corrected chi connectivity index (χ3v) is 4.39. The summed E-state index contributed by atoms with van der Waals surface area (Å²) < 4.78 is 36.4. The first-order valence-electron chi connectivity index (χ1n) is 8.45. The lowest BCUT2D eigenvalue weighted by atomic mass is 10.1. The number of imide groups is 1. The van der Waals surface area contributed by atoms with Crippen LogP contribution >= 0.6 is 0 Å². The van der Waals surface area contributed by atoms with E-state index in [1.54, 1.807) is 12.1 Å². The highest BCUT2D eigenvalue weighted by Gasteiger charge is 2.36. The largest absolute Gasteiger partial charge is 0.467 e. The van der Waals surface area contributed by atoms with Crippen molar-refractivity contribution in [2.45, 2.75) is 19.7 Å². The summed E-state index contributed by atoms with van der Waals surface area (Å²) in [5.41, 5.74) is 0.233. The van der Waals surface area contributed by atoms with Crippen molar-refractivity contribution in [2.24, 2.45) is 0 Å². The Hall–Kier alpha value is -3.82. The smallest absolute Gasteiger partial charge is 0.338 e. The third kappa shape index (κ3) is 3.40. The molecule has 0 saturated carbocycles. The molecule has 1 aromatic carbocycles. The van der Waals surface area contributed by atoms with Crippen molar-refractivity contribution in [1.82, 2.24) is 14.5 Å². The number of rotatable bonds is 6. The molecule has 0 unspecified atom stereocenters. The van der Waals surface area contributed by atoms with Gasteiger partial charge in [0.05, 0.1) is 29.5 Å². The van der Waals surface area contributed by atoms with Crippen LogP contribution in [0.3, 0.4) is 0 Å². The Bertz CT molecular complexity index is 1090. The van der Waals surface area contributed by atoms with Gasteiger partial charge in [0.15, 0.2) is 5.82 Å².